The minimum absolute atomic E-state index is 0.0207. The van der Waals surface area contributed by atoms with E-state index in [2.05, 4.69) is 0 Å². The number of ether oxygens (including phenoxy) is 1. The Labute approximate surface area is 87.0 Å². The van der Waals surface area contributed by atoms with Crippen LogP contribution in [0.1, 0.15) is 17.2 Å². The molecule has 1 fully saturated rings. The van der Waals surface area contributed by atoms with E-state index in [-0.39, 0.29) is 18.0 Å². The Morgan fingerprint density at radius 2 is 2.13 bits per heavy atom. The van der Waals surface area contributed by atoms with Crippen LogP contribution in [0.3, 0.4) is 0 Å². The predicted molar refractivity (Wildman–Crippen MR) is 52.0 cm³/mol. The van der Waals surface area contributed by atoms with Crippen LogP contribution in [0.4, 0.5) is 0 Å². The zero-order valence-electron chi connectivity index (χ0n) is 8.05. The van der Waals surface area contributed by atoms with Crippen molar-refractivity contribution in [2.75, 3.05) is 0 Å². The maximum atomic E-state index is 11.4. The van der Waals surface area contributed by atoms with E-state index in [0.29, 0.717) is 0 Å². The molecule has 0 spiro atoms. The van der Waals surface area contributed by atoms with Crippen LogP contribution >= 0.6 is 0 Å². The van der Waals surface area contributed by atoms with Crippen LogP contribution in [0.15, 0.2) is 24.3 Å². The van der Waals surface area contributed by atoms with Crippen molar-refractivity contribution < 1.29 is 14.3 Å². The van der Waals surface area contributed by atoms with E-state index < -0.39 is 5.92 Å². The van der Waals surface area contributed by atoms with Gasteiger partial charge in [-0.1, -0.05) is 24.3 Å². The molecule has 76 valence electrons. The fourth-order valence-electron chi connectivity index (χ4n) is 2.59. The van der Waals surface area contributed by atoms with E-state index >= 15 is 0 Å². The zero-order valence-corrected chi connectivity index (χ0v) is 8.05. The van der Waals surface area contributed by atoms with Crippen LogP contribution in [0.25, 0.3) is 0 Å². The summed E-state index contributed by atoms with van der Waals surface area (Å²) in [7, 11) is 0. The Balaban J connectivity index is 2.04. The molecule has 2 aliphatic rings. The van der Waals surface area contributed by atoms with Crippen molar-refractivity contribution >= 4 is 12.3 Å². The molecule has 3 unspecified atom stereocenters. The van der Waals surface area contributed by atoms with E-state index in [1.165, 1.54) is 5.56 Å². The summed E-state index contributed by atoms with van der Waals surface area (Å²) in [4.78, 5) is 22.2. The molecule has 1 aliphatic carbocycles. The number of hydrogen-bond acceptors (Lipinski definition) is 3. The van der Waals surface area contributed by atoms with Crippen LogP contribution < -0.4 is 0 Å². The number of hydrogen-bond donors (Lipinski definition) is 0. The number of aldehydes is 1. The van der Waals surface area contributed by atoms with Gasteiger partial charge in [-0.2, -0.15) is 0 Å². The molecular formula is C12H10O3. The van der Waals surface area contributed by atoms with Gasteiger partial charge in [-0.3, -0.25) is 4.79 Å². The van der Waals surface area contributed by atoms with Crippen LogP contribution in [0.2, 0.25) is 0 Å². The highest BCUT2D eigenvalue weighted by molar-refractivity contribution is 5.90. The number of esters is 1. The van der Waals surface area contributed by atoms with Crippen LogP contribution in [-0.4, -0.2) is 12.3 Å². The third kappa shape index (κ3) is 1.06. The van der Waals surface area contributed by atoms with Gasteiger partial charge in [-0.05, 0) is 17.5 Å². The minimum atomic E-state index is -0.567. The molecule has 3 atom stereocenters. The molecule has 1 heterocycles. The Hall–Kier alpha value is -1.64. The van der Waals surface area contributed by atoms with E-state index in [4.69, 9.17) is 4.74 Å². The highest BCUT2D eigenvalue weighted by Crippen LogP contribution is 2.47. The van der Waals surface area contributed by atoms with Crippen LogP contribution in [0.5, 0.6) is 0 Å². The summed E-state index contributed by atoms with van der Waals surface area (Å²) in [5, 5.41) is 0. The van der Waals surface area contributed by atoms with Gasteiger partial charge in [0.25, 0.3) is 0 Å². The monoisotopic (exact) mass is 202 g/mol. The molecule has 0 aromatic heterocycles. The van der Waals surface area contributed by atoms with Gasteiger partial charge in [-0.15, -0.1) is 0 Å². The third-order valence-electron chi connectivity index (χ3n) is 3.33. The average molecular weight is 202 g/mol. The summed E-state index contributed by atoms with van der Waals surface area (Å²) < 4.78 is 5.25. The largest absolute Gasteiger partial charge is 0.457 e. The molecule has 1 saturated heterocycles. The molecule has 3 nitrogen and oxygen atoms in total. The van der Waals surface area contributed by atoms with Crippen LogP contribution in [-0.2, 0) is 20.7 Å². The van der Waals surface area contributed by atoms with Gasteiger partial charge < -0.3 is 9.53 Å². The first kappa shape index (κ1) is 8.65. The molecular weight excluding hydrogens is 192 g/mol. The summed E-state index contributed by atoms with van der Waals surface area (Å²) >= 11 is 0. The van der Waals surface area contributed by atoms with Gasteiger partial charge in [0.1, 0.15) is 18.3 Å². The molecule has 0 radical (unpaired) electrons. The number of fused-ring (bicyclic) bond motifs is 3. The molecule has 0 amide bonds. The maximum Gasteiger partial charge on any atom is 0.317 e. The molecule has 3 rings (SSSR count). The van der Waals surface area contributed by atoms with Crippen molar-refractivity contribution in [3.63, 3.8) is 0 Å². The highest BCUT2D eigenvalue weighted by atomic mass is 16.6. The van der Waals surface area contributed by atoms with Crippen molar-refractivity contribution in [1.29, 1.82) is 0 Å². The van der Waals surface area contributed by atoms with E-state index in [0.717, 1.165) is 18.3 Å². The van der Waals surface area contributed by atoms with Crippen molar-refractivity contribution in [2.45, 2.75) is 12.5 Å². The molecule has 1 aromatic rings. The first-order chi connectivity index (χ1) is 7.31. The molecule has 15 heavy (non-hydrogen) atoms. The van der Waals surface area contributed by atoms with Crippen molar-refractivity contribution in [3.8, 4) is 0 Å². The molecule has 3 heteroatoms. The SMILES string of the molecule is O=CC1C(=O)OC2c3ccccc3CC12. The molecule has 1 aromatic carbocycles. The van der Waals surface area contributed by atoms with Gasteiger partial charge in [0.05, 0.1) is 0 Å². The third-order valence-corrected chi connectivity index (χ3v) is 3.33. The number of benzene rings is 1. The maximum absolute atomic E-state index is 11.4. The van der Waals surface area contributed by atoms with Crippen molar-refractivity contribution in [2.24, 2.45) is 11.8 Å². The number of carbonyl (C=O) groups excluding carboxylic acids is 2. The Kier molecular flexibility index (Phi) is 1.69. The quantitative estimate of drug-likeness (QED) is 0.391. The van der Waals surface area contributed by atoms with E-state index in [1.807, 2.05) is 24.3 Å². The van der Waals surface area contributed by atoms with E-state index in [1.54, 1.807) is 0 Å². The first-order valence-corrected chi connectivity index (χ1v) is 5.05. The predicted octanol–water partition coefficient (Wildman–Crippen LogP) is 1.27. The Morgan fingerprint density at radius 3 is 2.93 bits per heavy atom. The fourth-order valence-corrected chi connectivity index (χ4v) is 2.59. The summed E-state index contributed by atoms with van der Waals surface area (Å²) in [6, 6.07) is 7.91. The summed E-state index contributed by atoms with van der Waals surface area (Å²) in [6.45, 7) is 0. The van der Waals surface area contributed by atoms with Gasteiger partial charge in [-0.25, -0.2) is 0 Å². The van der Waals surface area contributed by atoms with Gasteiger partial charge in [0.2, 0.25) is 0 Å². The second-order valence-electron chi connectivity index (χ2n) is 4.09. The summed E-state index contributed by atoms with van der Waals surface area (Å²) in [5.74, 6) is -0.913. The summed E-state index contributed by atoms with van der Waals surface area (Å²) in [5.41, 5.74) is 2.27. The second-order valence-corrected chi connectivity index (χ2v) is 4.09. The topological polar surface area (TPSA) is 43.4 Å². The smallest absolute Gasteiger partial charge is 0.317 e. The lowest BCUT2D eigenvalue weighted by Gasteiger charge is -2.08. The van der Waals surface area contributed by atoms with Gasteiger partial charge in [0, 0.05) is 5.92 Å². The Bertz CT molecular complexity index is 438. The van der Waals surface area contributed by atoms with Crippen LogP contribution in [0, 0.1) is 11.8 Å². The molecule has 0 bridgehead atoms. The lowest BCUT2D eigenvalue weighted by Crippen LogP contribution is -2.17. The minimum Gasteiger partial charge on any atom is -0.457 e. The van der Waals surface area contributed by atoms with Crippen molar-refractivity contribution in [1.82, 2.24) is 0 Å². The lowest BCUT2D eigenvalue weighted by atomic mass is 9.92. The highest BCUT2D eigenvalue weighted by Gasteiger charge is 2.49. The van der Waals surface area contributed by atoms with Gasteiger partial charge >= 0.3 is 5.97 Å². The lowest BCUT2D eigenvalue weighted by molar-refractivity contribution is -0.145. The molecule has 0 saturated carbocycles. The normalized spacial score (nSPS) is 32.0. The number of carbonyl (C=O) groups is 2. The molecule has 0 N–H and O–H groups in total. The average Bonchev–Trinajstić information content (AvgIpc) is 2.72. The van der Waals surface area contributed by atoms with E-state index in [9.17, 15) is 9.59 Å². The fraction of sp³-hybridized carbons (Fsp3) is 0.333. The van der Waals surface area contributed by atoms with Gasteiger partial charge in [0.15, 0.2) is 0 Å². The second kappa shape index (κ2) is 2.92. The summed E-state index contributed by atoms with van der Waals surface area (Å²) in [6.07, 6.45) is 1.30. The molecule has 1 aliphatic heterocycles. The first-order valence-electron chi connectivity index (χ1n) is 5.05. The zero-order chi connectivity index (χ0) is 10.4. The standard InChI is InChI=1S/C12H10O3/c13-6-10-9-5-7-3-1-2-4-8(7)11(9)15-12(10)14/h1-4,6,9-11H,5H2. The number of rotatable bonds is 1. The Morgan fingerprint density at radius 1 is 1.33 bits per heavy atom. The van der Waals surface area contributed by atoms with Crippen molar-refractivity contribution in [3.05, 3.63) is 35.4 Å².